The first kappa shape index (κ1) is 9.41. The number of hydrogen-bond acceptors (Lipinski definition) is 2. The highest BCUT2D eigenvalue weighted by atomic mass is 79.9. The monoisotopic (exact) mass is 257 g/mol. The fourth-order valence-corrected chi connectivity index (χ4v) is 2.49. The van der Waals surface area contributed by atoms with Gasteiger partial charge in [-0.2, -0.15) is 11.8 Å². The zero-order valence-corrected chi connectivity index (χ0v) is 9.94. The SMILES string of the molecule is CN(c1ccc(Br)cc1)C1CSC1. The molecule has 1 aliphatic rings. The summed E-state index contributed by atoms with van der Waals surface area (Å²) >= 11 is 5.46. The van der Waals surface area contributed by atoms with Crippen molar-refractivity contribution in [2.45, 2.75) is 6.04 Å². The summed E-state index contributed by atoms with van der Waals surface area (Å²) in [5, 5.41) is 0. The number of anilines is 1. The Morgan fingerprint density at radius 1 is 1.31 bits per heavy atom. The average molecular weight is 258 g/mol. The van der Waals surface area contributed by atoms with Gasteiger partial charge in [-0.1, -0.05) is 15.9 Å². The van der Waals surface area contributed by atoms with Gasteiger partial charge in [-0.15, -0.1) is 0 Å². The van der Waals surface area contributed by atoms with Crippen molar-refractivity contribution >= 4 is 33.4 Å². The van der Waals surface area contributed by atoms with Crippen molar-refractivity contribution < 1.29 is 0 Å². The summed E-state index contributed by atoms with van der Waals surface area (Å²) in [6, 6.07) is 9.25. The first-order valence-electron chi connectivity index (χ1n) is 4.33. The third-order valence-corrected chi connectivity index (χ3v) is 4.17. The molecule has 1 heterocycles. The van der Waals surface area contributed by atoms with Crippen LogP contribution in [0.4, 0.5) is 5.69 Å². The summed E-state index contributed by atoms with van der Waals surface area (Å²) in [5.74, 6) is 2.54. The maximum atomic E-state index is 3.44. The molecule has 0 amide bonds. The first-order valence-corrected chi connectivity index (χ1v) is 6.28. The van der Waals surface area contributed by atoms with E-state index in [-0.39, 0.29) is 0 Å². The summed E-state index contributed by atoms with van der Waals surface area (Å²) in [4.78, 5) is 2.36. The van der Waals surface area contributed by atoms with Gasteiger partial charge in [0.25, 0.3) is 0 Å². The average Bonchev–Trinajstić information content (AvgIpc) is 2.02. The lowest BCUT2D eigenvalue weighted by molar-refractivity contribution is 0.744. The molecule has 0 saturated carbocycles. The van der Waals surface area contributed by atoms with Crippen molar-refractivity contribution in [2.75, 3.05) is 23.5 Å². The van der Waals surface area contributed by atoms with Crippen molar-refractivity contribution in [2.24, 2.45) is 0 Å². The number of rotatable bonds is 2. The van der Waals surface area contributed by atoms with E-state index in [1.807, 2.05) is 11.8 Å². The van der Waals surface area contributed by atoms with E-state index in [0.29, 0.717) is 0 Å². The van der Waals surface area contributed by atoms with Crippen molar-refractivity contribution in [3.8, 4) is 0 Å². The molecule has 0 bridgehead atoms. The van der Waals surface area contributed by atoms with E-state index in [4.69, 9.17) is 0 Å². The zero-order valence-electron chi connectivity index (χ0n) is 7.53. The van der Waals surface area contributed by atoms with Crippen molar-refractivity contribution in [3.63, 3.8) is 0 Å². The smallest absolute Gasteiger partial charge is 0.0467 e. The van der Waals surface area contributed by atoms with Gasteiger partial charge in [0.05, 0.1) is 0 Å². The van der Waals surface area contributed by atoms with Crippen LogP contribution in [0.5, 0.6) is 0 Å². The molecule has 0 aromatic heterocycles. The van der Waals surface area contributed by atoms with E-state index < -0.39 is 0 Å². The second-order valence-electron chi connectivity index (χ2n) is 3.28. The molecule has 13 heavy (non-hydrogen) atoms. The topological polar surface area (TPSA) is 3.24 Å². The fraction of sp³-hybridized carbons (Fsp3) is 0.400. The van der Waals surface area contributed by atoms with Crippen LogP contribution in [0, 0.1) is 0 Å². The standard InChI is InChI=1S/C10H12BrNS/c1-12(10-6-13-7-10)9-4-2-8(11)3-5-9/h2-5,10H,6-7H2,1H3. The minimum Gasteiger partial charge on any atom is -0.370 e. The maximum Gasteiger partial charge on any atom is 0.0467 e. The second-order valence-corrected chi connectivity index (χ2v) is 5.27. The van der Waals surface area contributed by atoms with E-state index in [1.165, 1.54) is 17.2 Å². The Morgan fingerprint density at radius 3 is 2.38 bits per heavy atom. The van der Waals surface area contributed by atoms with Crippen molar-refractivity contribution in [1.82, 2.24) is 0 Å². The zero-order chi connectivity index (χ0) is 9.26. The van der Waals surface area contributed by atoms with Crippen LogP contribution < -0.4 is 4.90 Å². The summed E-state index contributed by atoms with van der Waals surface area (Å²) in [6.07, 6.45) is 0. The molecule has 70 valence electrons. The van der Waals surface area contributed by atoms with Gasteiger partial charge in [-0.3, -0.25) is 0 Å². The Labute approximate surface area is 91.6 Å². The Balaban J connectivity index is 2.10. The van der Waals surface area contributed by atoms with Crippen LogP contribution >= 0.6 is 27.7 Å². The molecular weight excluding hydrogens is 246 g/mol. The predicted octanol–water partition coefficient (Wildman–Crippen LogP) is 3.00. The summed E-state index contributed by atoms with van der Waals surface area (Å²) in [7, 11) is 2.17. The molecule has 3 heteroatoms. The van der Waals surface area contributed by atoms with Gasteiger partial charge >= 0.3 is 0 Å². The van der Waals surface area contributed by atoms with Gasteiger partial charge in [-0.05, 0) is 24.3 Å². The minimum absolute atomic E-state index is 0.742. The van der Waals surface area contributed by atoms with Crippen LogP contribution in [-0.2, 0) is 0 Å². The fourth-order valence-electron chi connectivity index (χ4n) is 1.33. The first-order chi connectivity index (χ1) is 6.27. The molecule has 1 nitrogen and oxygen atoms in total. The van der Waals surface area contributed by atoms with E-state index in [1.54, 1.807) is 0 Å². The molecular formula is C10H12BrNS. The van der Waals surface area contributed by atoms with Crippen LogP contribution in [-0.4, -0.2) is 24.6 Å². The molecule has 1 saturated heterocycles. The van der Waals surface area contributed by atoms with Crippen LogP contribution in [0.1, 0.15) is 0 Å². The molecule has 0 unspecified atom stereocenters. The van der Waals surface area contributed by atoms with Gasteiger partial charge in [0.15, 0.2) is 0 Å². The molecule has 1 aromatic carbocycles. The Bertz CT molecular complexity index is 281. The van der Waals surface area contributed by atoms with Gasteiger partial charge in [0, 0.05) is 34.8 Å². The predicted molar refractivity (Wildman–Crippen MR) is 63.7 cm³/mol. The third-order valence-electron chi connectivity index (χ3n) is 2.40. The van der Waals surface area contributed by atoms with Gasteiger partial charge in [-0.25, -0.2) is 0 Å². The lowest BCUT2D eigenvalue weighted by Crippen LogP contribution is -2.41. The highest BCUT2D eigenvalue weighted by Gasteiger charge is 2.22. The van der Waals surface area contributed by atoms with E-state index in [9.17, 15) is 0 Å². The Morgan fingerprint density at radius 2 is 1.92 bits per heavy atom. The lowest BCUT2D eigenvalue weighted by Gasteiger charge is -2.35. The molecule has 0 radical (unpaired) electrons. The minimum atomic E-state index is 0.742. The molecule has 1 aromatic rings. The molecule has 2 rings (SSSR count). The van der Waals surface area contributed by atoms with Crippen LogP contribution in [0.15, 0.2) is 28.7 Å². The summed E-state index contributed by atoms with van der Waals surface area (Å²) < 4.78 is 1.15. The number of nitrogens with zero attached hydrogens (tertiary/aromatic N) is 1. The third kappa shape index (κ3) is 2.02. The Hall–Kier alpha value is -0.150. The molecule has 0 aliphatic carbocycles. The van der Waals surface area contributed by atoms with E-state index in [0.717, 1.165) is 10.5 Å². The summed E-state index contributed by atoms with van der Waals surface area (Å²) in [5.41, 5.74) is 1.31. The molecule has 0 atom stereocenters. The Kier molecular flexibility index (Phi) is 2.84. The van der Waals surface area contributed by atoms with Gasteiger partial charge < -0.3 is 4.90 Å². The van der Waals surface area contributed by atoms with Crippen LogP contribution in [0.25, 0.3) is 0 Å². The number of thioether (sulfide) groups is 1. The highest BCUT2D eigenvalue weighted by Crippen LogP contribution is 2.27. The molecule has 1 aliphatic heterocycles. The summed E-state index contributed by atoms with van der Waals surface area (Å²) in [6.45, 7) is 0. The molecule has 0 spiro atoms. The maximum absolute atomic E-state index is 3.44. The number of benzene rings is 1. The number of halogens is 1. The van der Waals surface area contributed by atoms with Crippen molar-refractivity contribution in [1.29, 1.82) is 0 Å². The van der Waals surface area contributed by atoms with Gasteiger partial charge in [0.2, 0.25) is 0 Å². The quantitative estimate of drug-likeness (QED) is 0.802. The van der Waals surface area contributed by atoms with Crippen LogP contribution in [0.3, 0.4) is 0 Å². The van der Waals surface area contributed by atoms with E-state index in [2.05, 4.69) is 52.1 Å². The van der Waals surface area contributed by atoms with Crippen LogP contribution in [0.2, 0.25) is 0 Å². The van der Waals surface area contributed by atoms with Crippen molar-refractivity contribution in [3.05, 3.63) is 28.7 Å². The molecule has 1 fully saturated rings. The number of hydrogen-bond donors (Lipinski definition) is 0. The molecule has 0 N–H and O–H groups in total. The van der Waals surface area contributed by atoms with Gasteiger partial charge in [0.1, 0.15) is 0 Å². The second kappa shape index (κ2) is 3.93. The highest BCUT2D eigenvalue weighted by molar-refractivity contribution is 9.10. The van der Waals surface area contributed by atoms with E-state index >= 15 is 0 Å². The lowest BCUT2D eigenvalue weighted by atomic mass is 10.2. The normalized spacial score (nSPS) is 16.8. The largest absolute Gasteiger partial charge is 0.370 e.